The highest BCUT2D eigenvalue weighted by atomic mass is 32.2. The number of methoxy groups -OCH3 is 2. The standard InChI is InChI=1S/C8H18O3S/c1-7(4-5-9)12-6-8(10-2)11-3/h7-9H,4-6H2,1-3H3. The van der Waals surface area contributed by atoms with Crippen molar-refractivity contribution in [3.63, 3.8) is 0 Å². The van der Waals surface area contributed by atoms with Gasteiger partial charge in [0.25, 0.3) is 0 Å². The van der Waals surface area contributed by atoms with Crippen LogP contribution >= 0.6 is 11.8 Å². The van der Waals surface area contributed by atoms with E-state index in [0.29, 0.717) is 5.25 Å². The first-order chi connectivity index (χ1) is 5.74. The van der Waals surface area contributed by atoms with E-state index in [-0.39, 0.29) is 12.9 Å². The molecule has 3 nitrogen and oxygen atoms in total. The van der Waals surface area contributed by atoms with E-state index >= 15 is 0 Å². The molecular formula is C8H18O3S. The normalized spacial score (nSPS) is 13.8. The topological polar surface area (TPSA) is 38.7 Å². The van der Waals surface area contributed by atoms with E-state index in [0.717, 1.165) is 12.2 Å². The number of thioether (sulfide) groups is 1. The Labute approximate surface area is 78.4 Å². The first kappa shape index (κ1) is 12.2. The highest BCUT2D eigenvalue weighted by Crippen LogP contribution is 2.15. The summed E-state index contributed by atoms with van der Waals surface area (Å²) in [6, 6.07) is 0. The zero-order valence-corrected chi connectivity index (χ0v) is 8.76. The van der Waals surface area contributed by atoms with Crippen LogP contribution in [-0.2, 0) is 9.47 Å². The molecule has 0 radical (unpaired) electrons. The van der Waals surface area contributed by atoms with Crippen molar-refractivity contribution >= 4 is 11.8 Å². The number of aliphatic hydroxyl groups excluding tert-OH is 1. The summed E-state index contributed by atoms with van der Waals surface area (Å²) >= 11 is 1.75. The molecule has 0 saturated heterocycles. The maximum absolute atomic E-state index is 8.64. The predicted octanol–water partition coefficient (Wildman–Crippen LogP) is 1.11. The Hall–Kier alpha value is 0.230. The highest BCUT2D eigenvalue weighted by Gasteiger charge is 2.08. The number of hydrogen-bond donors (Lipinski definition) is 1. The lowest BCUT2D eigenvalue weighted by Gasteiger charge is -2.15. The van der Waals surface area contributed by atoms with E-state index in [1.165, 1.54) is 0 Å². The van der Waals surface area contributed by atoms with Crippen molar-refractivity contribution in [1.82, 2.24) is 0 Å². The Morgan fingerprint density at radius 3 is 2.33 bits per heavy atom. The first-order valence-electron chi connectivity index (χ1n) is 4.02. The Morgan fingerprint density at radius 1 is 1.33 bits per heavy atom. The van der Waals surface area contributed by atoms with Crippen LogP contribution in [0.1, 0.15) is 13.3 Å². The van der Waals surface area contributed by atoms with Gasteiger partial charge in [0.05, 0.1) is 0 Å². The van der Waals surface area contributed by atoms with E-state index in [4.69, 9.17) is 14.6 Å². The molecule has 0 aliphatic heterocycles. The van der Waals surface area contributed by atoms with E-state index in [2.05, 4.69) is 6.92 Å². The summed E-state index contributed by atoms with van der Waals surface area (Å²) in [6.45, 7) is 2.34. The zero-order chi connectivity index (χ0) is 9.40. The Balaban J connectivity index is 3.37. The Kier molecular flexibility index (Phi) is 8.01. The summed E-state index contributed by atoms with van der Waals surface area (Å²) in [5.74, 6) is 0.814. The van der Waals surface area contributed by atoms with Gasteiger partial charge in [0.1, 0.15) is 0 Å². The van der Waals surface area contributed by atoms with Gasteiger partial charge in [0.15, 0.2) is 6.29 Å². The Morgan fingerprint density at radius 2 is 1.92 bits per heavy atom. The number of ether oxygens (including phenoxy) is 2. The smallest absolute Gasteiger partial charge is 0.165 e. The van der Waals surface area contributed by atoms with Crippen LogP contribution in [0, 0.1) is 0 Å². The van der Waals surface area contributed by atoms with Crippen LogP contribution in [0.25, 0.3) is 0 Å². The van der Waals surface area contributed by atoms with Gasteiger partial charge in [-0.2, -0.15) is 11.8 Å². The van der Waals surface area contributed by atoms with Gasteiger partial charge in [0, 0.05) is 31.8 Å². The van der Waals surface area contributed by atoms with Crippen molar-refractivity contribution in [2.75, 3.05) is 26.6 Å². The van der Waals surface area contributed by atoms with E-state index in [1.807, 2.05) is 0 Å². The maximum Gasteiger partial charge on any atom is 0.165 e. The van der Waals surface area contributed by atoms with Gasteiger partial charge >= 0.3 is 0 Å². The molecule has 0 spiro atoms. The van der Waals surface area contributed by atoms with Crippen molar-refractivity contribution in [3.05, 3.63) is 0 Å². The number of hydrogen-bond acceptors (Lipinski definition) is 4. The average molecular weight is 194 g/mol. The molecule has 0 aliphatic rings. The van der Waals surface area contributed by atoms with E-state index < -0.39 is 0 Å². The van der Waals surface area contributed by atoms with Gasteiger partial charge in [-0.15, -0.1) is 0 Å². The molecule has 0 aliphatic carbocycles. The van der Waals surface area contributed by atoms with Gasteiger partial charge in [-0.3, -0.25) is 0 Å². The van der Waals surface area contributed by atoms with Gasteiger partial charge in [-0.1, -0.05) is 6.92 Å². The third-order valence-electron chi connectivity index (χ3n) is 1.58. The summed E-state index contributed by atoms with van der Waals surface area (Å²) in [5.41, 5.74) is 0. The van der Waals surface area contributed by atoms with Crippen LogP contribution in [-0.4, -0.2) is 43.2 Å². The number of aliphatic hydroxyl groups is 1. The predicted molar refractivity (Wildman–Crippen MR) is 51.4 cm³/mol. The molecule has 12 heavy (non-hydrogen) atoms. The minimum absolute atomic E-state index is 0.129. The van der Waals surface area contributed by atoms with Gasteiger partial charge in [-0.05, 0) is 6.42 Å². The lowest BCUT2D eigenvalue weighted by atomic mass is 10.3. The fourth-order valence-electron chi connectivity index (χ4n) is 0.740. The fraction of sp³-hybridized carbons (Fsp3) is 1.00. The maximum atomic E-state index is 8.64. The van der Waals surface area contributed by atoms with Crippen LogP contribution in [0.5, 0.6) is 0 Å². The minimum atomic E-state index is -0.129. The van der Waals surface area contributed by atoms with Crippen LogP contribution in [0.3, 0.4) is 0 Å². The van der Waals surface area contributed by atoms with Crippen molar-refractivity contribution in [3.8, 4) is 0 Å². The molecule has 0 amide bonds. The molecule has 1 unspecified atom stereocenters. The summed E-state index contributed by atoms with van der Waals surface area (Å²) in [7, 11) is 3.26. The van der Waals surface area contributed by atoms with Crippen LogP contribution < -0.4 is 0 Å². The molecule has 0 saturated carbocycles. The first-order valence-corrected chi connectivity index (χ1v) is 5.07. The van der Waals surface area contributed by atoms with Gasteiger partial charge in [0.2, 0.25) is 0 Å². The van der Waals surface area contributed by atoms with E-state index in [1.54, 1.807) is 26.0 Å². The van der Waals surface area contributed by atoms with Crippen molar-refractivity contribution in [1.29, 1.82) is 0 Å². The second-order valence-corrected chi connectivity index (χ2v) is 4.03. The monoisotopic (exact) mass is 194 g/mol. The minimum Gasteiger partial charge on any atom is -0.396 e. The van der Waals surface area contributed by atoms with Crippen LogP contribution in [0.2, 0.25) is 0 Å². The quantitative estimate of drug-likeness (QED) is 0.616. The molecule has 0 heterocycles. The molecule has 0 bridgehead atoms. The molecule has 0 rings (SSSR count). The molecule has 1 N–H and O–H groups in total. The molecule has 0 aromatic carbocycles. The van der Waals surface area contributed by atoms with Gasteiger partial charge in [-0.25, -0.2) is 0 Å². The number of rotatable bonds is 7. The average Bonchev–Trinajstić information content (AvgIpc) is 2.07. The molecule has 1 atom stereocenters. The zero-order valence-electron chi connectivity index (χ0n) is 7.95. The van der Waals surface area contributed by atoms with Crippen molar-refractivity contribution in [2.24, 2.45) is 0 Å². The molecule has 74 valence electrons. The SMILES string of the molecule is COC(CSC(C)CCO)OC. The molecule has 0 aromatic heterocycles. The molecule has 4 heteroatoms. The fourth-order valence-corrected chi connectivity index (χ4v) is 1.77. The third kappa shape index (κ3) is 5.83. The molecule has 0 fully saturated rings. The van der Waals surface area contributed by atoms with E-state index in [9.17, 15) is 0 Å². The van der Waals surface area contributed by atoms with Gasteiger partial charge < -0.3 is 14.6 Å². The summed E-state index contributed by atoms with van der Waals surface area (Å²) < 4.78 is 10.0. The second kappa shape index (κ2) is 7.86. The summed E-state index contributed by atoms with van der Waals surface area (Å²) in [4.78, 5) is 0. The highest BCUT2D eigenvalue weighted by molar-refractivity contribution is 7.99. The Bertz CT molecular complexity index is 96.3. The summed E-state index contributed by atoms with van der Waals surface area (Å²) in [5, 5.41) is 9.10. The lowest BCUT2D eigenvalue weighted by molar-refractivity contribution is -0.0842. The second-order valence-electron chi connectivity index (χ2n) is 2.56. The van der Waals surface area contributed by atoms with Crippen LogP contribution in [0.4, 0.5) is 0 Å². The van der Waals surface area contributed by atoms with Crippen LogP contribution in [0.15, 0.2) is 0 Å². The lowest BCUT2D eigenvalue weighted by Crippen LogP contribution is -2.17. The third-order valence-corrected chi connectivity index (χ3v) is 2.85. The van der Waals surface area contributed by atoms with Crippen molar-refractivity contribution in [2.45, 2.75) is 24.9 Å². The summed E-state index contributed by atoms with van der Waals surface area (Å²) in [6.07, 6.45) is 0.696. The largest absolute Gasteiger partial charge is 0.396 e. The molecular weight excluding hydrogens is 176 g/mol. The molecule has 0 aromatic rings. The van der Waals surface area contributed by atoms with Crippen molar-refractivity contribution < 1.29 is 14.6 Å².